The number of nitrogens with one attached hydrogen (secondary N) is 1. The summed E-state index contributed by atoms with van der Waals surface area (Å²) in [5.74, 6) is 0.699. The van der Waals surface area contributed by atoms with Gasteiger partial charge in [0.15, 0.2) is 0 Å². The predicted octanol–water partition coefficient (Wildman–Crippen LogP) is 5.24. The highest BCUT2D eigenvalue weighted by molar-refractivity contribution is 5.88. The molecule has 1 atom stereocenters. The van der Waals surface area contributed by atoms with E-state index in [1.807, 2.05) is 0 Å². The van der Waals surface area contributed by atoms with Crippen LogP contribution in [0.2, 0.25) is 0 Å². The van der Waals surface area contributed by atoms with Gasteiger partial charge in [0, 0.05) is 6.04 Å². The first-order valence-electron chi connectivity index (χ1n) is 7.85. The lowest BCUT2D eigenvalue weighted by atomic mass is 9.91. The van der Waals surface area contributed by atoms with E-state index in [1.165, 1.54) is 34.7 Å². The van der Waals surface area contributed by atoms with Crippen LogP contribution in [0.25, 0.3) is 10.8 Å². The third-order valence-electron chi connectivity index (χ3n) is 3.90. The Kier molecular flexibility index (Phi) is 5.19. The second-order valence-corrected chi connectivity index (χ2v) is 6.15. The average molecular weight is 269 g/mol. The van der Waals surface area contributed by atoms with E-state index in [0.717, 1.165) is 6.54 Å². The fourth-order valence-corrected chi connectivity index (χ4v) is 2.89. The fourth-order valence-electron chi connectivity index (χ4n) is 2.89. The Morgan fingerprint density at radius 3 is 2.35 bits per heavy atom. The van der Waals surface area contributed by atoms with E-state index in [4.69, 9.17) is 0 Å². The van der Waals surface area contributed by atoms with Crippen LogP contribution in [0.1, 0.15) is 50.8 Å². The van der Waals surface area contributed by atoms with Gasteiger partial charge in [-0.2, -0.15) is 0 Å². The van der Waals surface area contributed by atoms with Gasteiger partial charge in [-0.05, 0) is 54.1 Å². The number of benzene rings is 2. The van der Waals surface area contributed by atoms with Gasteiger partial charge in [0.1, 0.15) is 0 Å². The van der Waals surface area contributed by atoms with E-state index < -0.39 is 0 Å². The van der Waals surface area contributed by atoms with Crippen LogP contribution in [0.3, 0.4) is 0 Å². The molecule has 0 heterocycles. The highest BCUT2D eigenvalue weighted by atomic mass is 14.9. The van der Waals surface area contributed by atoms with Crippen molar-refractivity contribution in [3.05, 3.63) is 47.5 Å². The van der Waals surface area contributed by atoms with Crippen LogP contribution in [-0.2, 0) is 0 Å². The van der Waals surface area contributed by atoms with E-state index in [2.05, 4.69) is 69.4 Å². The maximum absolute atomic E-state index is 3.73. The summed E-state index contributed by atoms with van der Waals surface area (Å²) < 4.78 is 0. The van der Waals surface area contributed by atoms with Crippen molar-refractivity contribution in [2.75, 3.05) is 6.54 Å². The molecule has 1 heteroatoms. The molecule has 1 N–H and O–H groups in total. The lowest BCUT2D eigenvalue weighted by Crippen LogP contribution is -2.23. The Bertz CT molecular complexity index is 557. The number of aryl methyl sites for hydroxylation is 1. The van der Waals surface area contributed by atoms with Gasteiger partial charge in [0.05, 0.1) is 0 Å². The molecule has 0 amide bonds. The average Bonchev–Trinajstić information content (AvgIpc) is 2.44. The molecule has 0 aliphatic carbocycles. The third-order valence-corrected chi connectivity index (χ3v) is 3.90. The van der Waals surface area contributed by atoms with Crippen LogP contribution < -0.4 is 5.32 Å². The minimum Gasteiger partial charge on any atom is -0.310 e. The minimum atomic E-state index is 0.459. The first-order chi connectivity index (χ1) is 9.63. The molecule has 0 fully saturated rings. The van der Waals surface area contributed by atoms with Gasteiger partial charge in [-0.1, -0.05) is 57.2 Å². The zero-order chi connectivity index (χ0) is 14.5. The SMILES string of the molecule is CCCNC(CC(C)C)c1ccc(C)c2ccccc12. The number of rotatable bonds is 6. The van der Waals surface area contributed by atoms with Crippen LogP contribution in [0, 0.1) is 12.8 Å². The Morgan fingerprint density at radius 1 is 1.00 bits per heavy atom. The highest BCUT2D eigenvalue weighted by Crippen LogP contribution is 2.30. The maximum atomic E-state index is 3.73. The van der Waals surface area contributed by atoms with Gasteiger partial charge in [0.25, 0.3) is 0 Å². The standard InChI is InChI=1S/C19H27N/c1-5-12-20-19(13-14(2)3)18-11-10-15(4)16-8-6-7-9-17(16)18/h6-11,14,19-20H,5,12-13H2,1-4H3. The van der Waals surface area contributed by atoms with Crippen molar-refractivity contribution in [1.29, 1.82) is 0 Å². The van der Waals surface area contributed by atoms with Crippen molar-refractivity contribution in [3.8, 4) is 0 Å². The molecule has 1 unspecified atom stereocenters. The van der Waals surface area contributed by atoms with Crippen LogP contribution in [-0.4, -0.2) is 6.54 Å². The Hall–Kier alpha value is -1.34. The molecule has 1 nitrogen and oxygen atoms in total. The van der Waals surface area contributed by atoms with Crippen molar-refractivity contribution in [2.45, 2.75) is 46.6 Å². The van der Waals surface area contributed by atoms with E-state index in [1.54, 1.807) is 0 Å². The van der Waals surface area contributed by atoms with Crippen LogP contribution in [0.4, 0.5) is 0 Å². The van der Waals surface area contributed by atoms with Crippen LogP contribution in [0.5, 0.6) is 0 Å². The highest BCUT2D eigenvalue weighted by Gasteiger charge is 2.15. The van der Waals surface area contributed by atoms with E-state index in [0.29, 0.717) is 12.0 Å². The van der Waals surface area contributed by atoms with E-state index in [9.17, 15) is 0 Å². The molecule has 108 valence electrons. The van der Waals surface area contributed by atoms with Gasteiger partial charge < -0.3 is 5.32 Å². The Balaban J connectivity index is 2.44. The van der Waals surface area contributed by atoms with Crippen molar-refractivity contribution >= 4 is 10.8 Å². The lowest BCUT2D eigenvalue weighted by molar-refractivity contribution is 0.432. The molecule has 0 saturated carbocycles. The number of fused-ring (bicyclic) bond motifs is 1. The zero-order valence-electron chi connectivity index (χ0n) is 13.2. The van der Waals surface area contributed by atoms with Crippen molar-refractivity contribution < 1.29 is 0 Å². The second-order valence-electron chi connectivity index (χ2n) is 6.15. The normalized spacial score (nSPS) is 13.1. The fraction of sp³-hybridized carbons (Fsp3) is 0.474. The molecule has 0 spiro atoms. The van der Waals surface area contributed by atoms with E-state index >= 15 is 0 Å². The van der Waals surface area contributed by atoms with Gasteiger partial charge in [-0.3, -0.25) is 0 Å². The lowest BCUT2D eigenvalue weighted by Gasteiger charge is -2.23. The van der Waals surface area contributed by atoms with Gasteiger partial charge >= 0.3 is 0 Å². The summed E-state index contributed by atoms with van der Waals surface area (Å²) in [6.45, 7) is 10.1. The van der Waals surface area contributed by atoms with Crippen LogP contribution >= 0.6 is 0 Å². The minimum absolute atomic E-state index is 0.459. The van der Waals surface area contributed by atoms with Crippen molar-refractivity contribution in [2.24, 2.45) is 5.92 Å². The quantitative estimate of drug-likeness (QED) is 0.756. The smallest absolute Gasteiger partial charge is 0.0328 e. The maximum Gasteiger partial charge on any atom is 0.0328 e. The summed E-state index contributed by atoms with van der Waals surface area (Å²) >= 11 is 0. The molecule has 0 bridgehead atoms. The Morgan fingerprint density at radius 2 is 1.70 bits per heavy atom. The number of hydrogen-bond acceptors (Lipinski definition) is 1. The number of hydrogen-bond donors (Lipinski definition) is 1. The van der Waals surface area contributed by atoms with Gasteiger partial charge in [0.2, 0.25) is 0 Å². The predicted molar refractivity (Wildman–Crippen MR) is 89.2 cm³/mol. The molecule has 20 heavy (non-hydrogen) atoms. The zero-order valence-corrected chi connectivity index (χ0v) is 13.2. The topological polar surface area (TPSA) is 12.0 Å². The molecule has 0 aliphatic rings. The summed E-state index contributed by atoms with van der Waals surface area (Å²) in [4.78, 5) is 0. The summed E-state index contributed by atoms with van der Waals surface area (Å²) in [6.07, 6.45) is 2.37. The summed E-state index contributed by atoms with van der Waals surface area (Å²) in [5.41, 5.74) is 2.82. The molecule has 0 aliphatic heterocycles. The molecule has 0 aromatic heterocycles. The molecular formula is C19H27N. The third kappa shape index (κ3) is 3.40. The van der Waals surface area contributed by atoms with E-state index in [-0.39, 0.29) is 0 Å². The molecule has 0 saturated heterocycles. The van der Waals surface area contributed by atoms with Gasteiger partial charge in [-0.15, -0.1) is 0 Å². The first-order valence-corrected chi connectivity index (χ1v) is 7.85. The molecule has 2 rings (SSSR count). The summed E-state index contributed by atoms with van der Waals surface area (Å²) in [7, 11) is 0. The monoisotopic (exact) mass is 269 g/mol. The van der Waals surface area contributed by atoms with Crippen molar-refractivity contribution in [1.82, 2.24) is 5.32 Å². The summed E-state index contributed by atoms with van der Waals surface area (Å²) in [5, 5.41) is 6.52. The summed E-state index contributed by atoms with van der Waals surface area (Å²) in [6, 6.07) is 13.8. The van der Waals surface area contributed by atoms with Gasteiger partial charge in [-0.25, -0.2) is 0 Å². The second kappa shape index (κ2) is 6.90. The largest absolute Gasteiger partial charge is 0.310 e. The molecule has 0 radical (unpaired) electrons. The molecular weight excluding hydrogens is 242 g/mol. The van der Waals surface area contributed by atoms with Crippen molar-refractivity contribution in [3.63, 3.8) is 0 Å². The molecule has 2 aromatic carbocycles. The van der Waals surface area contributed by atoms with Crippen LogP contribution in [0.15, 0.2) is 36.4 Å². The first kappa shape index (κ1) is 15.1. The molecule has 2 aromatic rings. The Labute approximate surface area is 123 Å².